The van der Waals surface area contributed by atoms with E-state index < -0.39 is 0 Å². The third-order valence-corrected chi connectivity index (χ3v) is 7.23. The van der Waals surface area contributed by atoms with Gasteiger partial charge < -0.3 is 14.8 Å². The normalized spacial score (nSPS) is 11.9. The molecule has 0 fully saturated rings. The highest BCUT2D eigenvalue weighted by atomic mass is 32.2. The van der Waals surface area contributed by atoms with Gasteiger partial charge in [0.15, 0.2) is 15.8 Å². The Balaban J connectivity index is 1.14. The minimum absolute atomic E-state index is 0.120. The molecule has 0 atom stereocenters. The number of thioether (sulfide) groups is 2. The molecule has 3 aromatic rings. The zero-order valence-corrected chi connectivity index (χ0v) is 19.4. The number of amides is 2. The molecule has 0 saturated heterocycles. The van der Waals surface area contributed by atoms with E-state index >= 15 is 0 Å². The first-order chi connectivity index (χ1) is 15.7. The van der Waals surface area contributed by atoms with E-state index in [1.807, 2.05) is 48.5 Å². The fourth-order valence-electron chi connectivity index (χ4n) is 2.74. The van der Waals surface area contributed by atoms with E-state index in [0.29, 0.717) is 33.3 Å². The maximum absolute atomic E-state index is 12.1. The Morgan fingerprint density at radius 3 is 2.69 bits per heavy atom. The number of aromatic nitrogens is 2. The summed E-state index contributed by atoms with van der Waals surface area (Å²) in [5.41, 5.74) is 2.11. The van der Waals surface area contributed by atoms with Crippen LogP contribution in [0.25, 0.3) is 0 Å². The van der Waals surface area contributed by atoms with Crippen molar-refractivity contribution in [1.29, 1.82) is 0 Å². The first-order valence-corrected chi connectivity index (χ1v) is 12.6. The molecule has 11 heteroatoms. The van der Waals surface area contributed by atoms with Crippen molar-refractivity contribution >= 4 is 51.8 Å². The van der Waals surface area contributed by atoms with Crippen molar-refractivity contribution in [2.24, 2.45) is 0 Å². The number of fused-ring (bicyclic) bond motifs is 1. The van der Waals surface area contributed by atoms with Crippen LogP contribution in [0.4, 0.5) is 5.13 Å². The summed E-state index contributed by atoms with van der Waals surface area (Å²) in [6.45, 7) is 0.618. The molecule has 166 valence electrons. The molecule has 0 unspecified atom stereocenters. The lowest BCUT2D eigenvalue weighted by Gasteiger charge is -2.05. The molecule has 0 aliphatic carbocycles. The van der Waals surface area contributed by atoms with Crippen molar-refractivity contribution in [3.8, 4) is 11.5 Å². The van der Waals surface area contributed by atoms with Crippen molar-refractivity contribution in [3.63, 3.8) is 0 Å². The lowest BCUT2D eigenvalue weighted by molar-refractivity contribution is -0.118. The SMILES string of the molecule is O=C(CSc1nnc(NC(=O)CSCc2ccccc2)s1)NCc1ccc2c(c1)OCO2. The molecule has 32 heavy (non-hydrogen) atoms. The Hall–Kier alpha value is -2.76. The second-order valence-electron chi connectivity index (χ2n) is 6.65. The Kier molecular flexibility index (Phi) is 7.86. The summed E-state index contributed by atoms with van der Waals surface area (Å²) in [6.07, 6.45) is 0. The molecule has 0 radical (unpaired) electrons. The Bertz CT molecular complexity index is 1080. The van der Waals surface area contributed by atoms with Crippen LogP contribution in [0.5, 0.6) is 11.5 Å². The van der Waals surface area contributed by atoms with Gasteiger partial charge in [-0.1, -0.05) is 59.5 Å². The fourth-order valence-corrected chi connectivity index (χ4v) is 5.13. The van der Waals surface area contributed by atoms with E-state index in [2.05, 4.69) is 20.8 Å². The molecule has 2 N–H and O–H groups in total. The molecular weight excluding hydrogens is 468 g/mol. The quantitative estimate of drug-likeness (QED) is 0.330. The number of benzene rings is 2. The average Bonchev–Trinajstić information content (AvgIpc) is 3.46. The van der Waals surface area contributed by atoms with Crippen molar-refractivity contribution in [2.75, 3.05) is 23.6 Å². The number of carbonyl (C=O) groups excluding carboxylic acids is 2. The standard InChI is InChI=1S/C21H20N4O4S3/c26-18(22-9-15-6-7-16-17(8-15)29-13-28-16)12-31-21-25-24-20(32-21)23-19(27)11-30-10-14-4-2-1-3-5-14/h1-8H,9-13H2,(H,22,26)(H,23,24,27). The van der Waals surface area contributed by atoms with Gasteiger partial charge in [0.25, 0.3) is 0 Å². The molecule has 2 aromatic carbocycles. The largest absolute Gasteiger partial charge is 0.454 e. The van der Waals surface area contributed by atoms with Gasteiger partial charge in [-0.25, -0.2) is 0 Å². The highest BCUT2D eigenvalue weighted by Gasteiger charge is 2.14. The van der Waals surface area contributed by atoms with Gasteiger partial charge in [-0.3, -0.25) is 14.9 Å². The molecule has 4 rings (SSSR count). The number of hydrogen-bond acceptors (Lipinski definition) is 9. The van der Waals surface area contributed by atoms with Crippen LogP contribution < -0.4 is 20.1 Å². The number of anilines is 1. The smallest absolute Gasteiger partial charge is 0.236 e. The molecule has 0 saturated carbocycles. The van der Waals surface area contributed by atoms with Crippen LogP contribution in [-0.4, -0.2) is 40.3 Å². The van der Waals surface area contributed by atoms with Crippen molar-refractivity contribution in [1.82, 2.24) is 15.5 Å². The summed E-state index contributed by atoms with van der Waals surface area (Å²) in [4.78, 5) is 24.2. The van der Waals surface area contributed by atoms with E-state index in [1.54, 1.807) is 0 Å². The lowest BCUT2D eigenvalue weighted by Crippen LogP contribution is -2.24. The molecule has 1 aromatic heterocycles. The van der Waals surface area contributed by atoms with Gasteiger partial charge in [0, 0.05) is 12.3 Å². The van der Waals surface area contributed by atoms with Crippen LogP contribution in [0.15, 0.2) is 52.9 Å². The average molecular weight is 489 g/mol. The predicted octanol–water partition coefficient (Wildman–Crippen LogP) is 3.55. The number of nitrogens with one attached hydrogen (secondary N) is 2. The minimum Gasteiger partial charge on any atom is -0.454 e. The van der Waals surface area contributed by atoms with Crippen molar-refractivity contribution in [3.05, 3.63) is 59.7 Å². The third kappa shape index (κ3) is 6.62. The maximum Gasteiger partial charge on any atom is 0.236 e. The molecule has 8 nitrogen and oxygen atoms in total. The molecule has 2 heterocycles. The Morgan fingerprint density at radius 1 is 0.969 bits per heavy atom. The molecule has 1 aliphatic heterocycles. The number of rotatable bonds is 10. The third-order valence-electron chi connectivity index (χ3n) is 4.25. The Labute approximate surface area is 197 Å². The highest BCUT2D eigenvalue weighted by Crippen LogP contribution is 2.32. The second-order valence-corrected chi connectivity index (χ2v) is 9.84. The molecule has 0 spiro atoms. The second kappa shape index (κ2) is 11.2. The van der Waals surface area contributed by atoms with Crippen LogP contribution in [0.2, 0.25) is 0 Å². The predicted molar refractivity (Wildman–Crippen MR) is 126 cm³/mol. The molecular formula is C21H20N4O4S3. The van der Waals surface area contributed by atoms with Crippen LogP contribution in [0, 0.1) is 0 Å². The molecule has 1 aliphatic rings. The monoisotopic (exact) mass is 488 g/mol. The summed E-state index contributed by atoms with van der Waals surface area (Å²) in [5, 5.41) is 14.0. The van der Waals surface area contributed by atoms with Crippen LogP contribution in [0.1, 0.15) is 11.1 Å². The van der Waals surface area contributed by atoms with E-state index in [4.69, 9.17) is 9.47 Å². The van der Waals surface area contributed by atoms with E-state index in [9.17, 15) is 9.59 Å². The minimum atomic E-state index is -0.125. The van der Waals surface area contributed by atoms with Crippen LogP contribution in [-0.2, 0) is 21.9 Å². The number of carbonyl (C=O) groups is 2. The zero-order valence-electron chi connectivity index (χ0n) is 16.9. The number of ether oxygens (including phenoxy) is 2. The first kappa shape index (κ1) is 22.4. The maximum atomic E-state index is 12.1. The van der Waals surface area contributed by atoms with Gasteiger partial charge in [0.2, 0.25) is 23.7 Å². The summed E-state index contributed by atoms with van der Waals surface area (Å²) in [5.74, 6) is 2.47. The van der Waals surface area contributed by atoms with Gasteiger partial charge in [-0.15, -0.1) is 22.0 Å². The Morgan fingerprint density at radius 2 is 1.81 bits per heavy atom. The summed E-state index contributed by atoms with van der Waals surface area (Å²) in [6, 6.07) is 15.6. The van der Waals surface area contributed by atoms with E-state index in [-0.39, 0.29) is 24.4 Å². The molecule has 0 bridgehead atoms. The van der Waals surface area contributed by atoms with Gasteiger partial charge in [-0.05, 0) is 23.3 Å². The number of nitrogens with zero attached hydrogens (tertiary/aromatic N) is 2. The molecule has 2 amide bonds. The van der Waals surface area contributed by atoms with Gasteiger partial charge in [-0.2, -0.15) is 0 Å². The summed E-state index contributed by atoms with van der Waals surface area (Å²) >= 11 is 4.06. The van der Waals surface area contributed by atoms with Gasteiger partial charge in [0.1, 0.15) is 0 Å². The fraction of sp³-hybridized carbons (Fsp3) is 0.238. The van der Waals surface area contributed by atoms with Crippen LogP contribution >= 0.6 is 34.9 Å². The van der Waals surface area contributed by atoms with Crippen molar-refractivity contribution < 1.29 is 19.1 Å². The number of hydrogen-bond donors (Lipinski definition) is 2. The summed E-state index contributed by atoms with van der Waals surface area (Å²) in [7, 11) is 0. The van der Waals surface area contributed by atoms with E-state index in [0.717, 1.165) is 11.3 Å². The first-order valence-electron chi connectivity index (χ1n) is 9.69. The summed E-state index contributed by atoms with van der Waals surface area (Å²) < 4.78 is 11.2. The zero-order chi connectivity index (χ0) is 22.2. The van der Waals surface area contributed by atoms with Gasteiger partial charge >= 0.3 is 0 Å². The van der Waals surface area contributed by atoms with Crippen LogP contribution in [0.3, 0.4) is 0 Å². The van der Waals surface area contributed by atoms with Gasteiger partial charge in [0.05, 0.1) is 11.5 Å². The van der Waals surface area contributed by atoms with E-state index in [1.165, 1.54) is 40.4 Å². The lowest BCUT2D eigenvalue weighted by atomic mass is 10.2. The topological polar surface area (TPSA) is 102 Å². The highest BCUT2D eigenvalue weighted by molar-refractivity contribution is 8.01. The van der Waals surface area contributed by atoms with Crippen molar-refractivity contribution in [2.45, 2.75) is 16.6 Å².